The second kappa shape index (κ2) is 18.0. The maximum Gasteiger partial charge on any atom is 0.413 e. The Morgan fingerprint density at radius 3 is 2.08 bits per heavy atom. The fourth-order valence-electron chi connectivity index (χ4n) is 4.37. The van der Waals surface area contributed by atoms with Crippen LogP contribution in [0.15, 0.2) is 78.9 Å². The Balaban J connectivity index is 1.52. The molecule has 0 spiro atoms. The number of alkyl carbamates (subject to hydrolysis) is 1. The molecule has 254 valence electrons. The standard InChI is InChI=1S/C36H42N4O8/c1-36(2,3)48-35(45)40-33(37)26-13-15-27(16-14-26)34(44)38-21-20-31(42)39-29(22-32(43)47-23-25-8-6-5-7-9-25)30(41)19-12-24-10-17-28(46-4)18-11-24/h5-11,13-18,29H,12,19-23H2,1-4H3,(H,38,44)(H,39,42)(H2,37,40,45)/t29-/m0/s1. The number of methoxy groups -OCH3 is 1. The van der Waals surface area contributed by atoms with E-state index in [0.717, 1.165) is 11.1 Å². The number of aryl methyl sites for hydroxylation is 1. The number of esters is 1. The highest BCUT2D eigenvalue weighted by atomic mass is 16.6. The highest BCUT2D eigenvalue weighted by molar-refractivity contribution is 6.05. The lowest BCUT2D eigenvalue weighted by atomic mass is 10.0. The highest BCUT2D eigenvalue weighted by Gasteiger charge is 2.25. The molecule has 12 heteroatoms. The molecule has 0 aromatic heterocycles. The minimum absolute atomic E-state index is 0.0341. The molecule has 0 aliphatic carbocycles. The van der Waals surface area contributed by atoms with Crippen LogP contribution < -0.4 is 20.7 Å². The topological polar surface area (TPSA) is 173 Å². The van der Waals surface area contributed by atoms with Gasteiger partial charge in [0.15, 0.2) is 5.78 Å². The predicted molar refractivity (Wildman–Crippen MR) is 179 cm³/mol. The molecule has 3 rings (SSSR count). The van der Waals surface area contributed by atoms with Crippen LogP contribution in [-0.4, -0.2) is 60.8 Å². The number of ketones is 1. The van der Waals surface area contributed by atoms with Crippen molar-refractivity contribution < 1.29 is 38.2 Å². The van der Waals surface area contributed by atoms with Gasteiger partial charge in [0.1, 0.15) is 23.8 Å². The molecule has 3 aromatic rings. The maximum absolute atomic E-state index is 13.2. The van der Waals surface area contributed by atoms with E-state index < -0.39 is 35.5 Å². The Hall–Kier alpha value is -5.52. The van der Waals surface area contributed by atoms with Crippen LogP contribution in [0.1, 0.15) is 67.1 Å². The average molecular weight is 659 g/mol. The number of Topliss-reactive ketones (excluding diaryl/α,β-unsaturated/α-hetero) is 1. The van der Waals surface area contributed by atoms with Crippen LogP contribution in [0.5, 0.6) is 5.75 Å². The molecule has 48 heavy (non-hydrogen) atoms. The SMILES string of the molecule is COc1ccc(CCC(=O)[C@H](CC(=O)OCc2ccccc2)NC(=O)CCNC(=O)c2ccc(C(=N)NC(=O)OC(C)(C)C)cc2)cc1. The second-order valence-corrected chi connectivity index (χ2v) is 11.9. The first-order valence-corrected chi connectivity index (χ1v) is 15.4. The molecule has 0 fully saturated rings. The Morgan fingerprint density at radius 1 is 0.812 bits per heavy atom. The van der Waals surface area contributed by atoms with E-state index in [2.05, 4.69) is 16.0 Å². The molecule has 12 nitrogen and oxygen atoms in total. The third kappa shape index (κ3) is 13.1. The number of nitrogens with one attached hydrogen (secondary N) is 4. The summed E-state index contributed by atoms with van der Waals surface area (Å²) in [6, 6.07) is 21.2. The molecule has 0 radical (unpaired) electrons. The van der Waals surface area contributed by atoms with Crippen molar-refractivity contribution in [2.45, 2.75) is 64.7 Å². The number of carbonyl (C=O) groups excluding carboxylic acids is 5. The number of amidine groups is 1. The van der Waals surface area contributed by atoms with Gasteiger partial charge in [0.25, 0.3) is 5.91 Å². The molecule has 0 saturated heterocycles. The van der Waals surface area contributed by atoms with Crippen LogP contribution in [-0.2, 0) is 36.9 Å². The quantitative estimate of drug-likeness (QED) is 0.105. The summed E-state index contributed by atoms with van der Waals surface area (Å²) >= 11 is 0. The molecular formula is C36H42N4O8. The first-order valence-electron chi connectivity index (χ1n) is 15.4. The first kappa shape index (κ1) is 36.9. The van der Waals surface area contributed by atoms with Gasteiger partial charge in [-0.25, -0.2) is 4.79 Å². The van der Waals surface area contributed by atoms with Crippen molar-refractivity contribution in [2.75, 3.05) is 13.7 Å². The summed E-state index contributed by atoms with van der Waals surface area (Å²) in [7, 11) is 1.56. The third-order valence-corrected chi connectivity index (χ3v) is 6.86. The summed E-state index contributed by atoms with van der Waals surface area (Å²) in [4.78, 5) is 63.2. The summed E-state index contributed by atoms with van der Waals surface area (Å²) < 4.78 is 15.7. The van der Waals surface area contributed by atoms with E-state index in [9.17, 15) is 24.0 Å². The zero-order valence-corrected chi connectivity index (χ0v) is 27.6. The van der Waals surface area contributed by atoms with Gasteiger partial charge in [-0.3, -0.25) is 29.9 Å². The minimum Gasteiger partial charge on any atom is -0.497 e. The van der Waals surface area contributed by atoms with Gasteiger partial charge in [0, 0.05) is 30.5 Å². The smallest absolute Gasteiger partial charge is 0.413 e. The molecule has 0 aliphatic heterocycles. The van der Waals surface area contributed by atoms with Crippen LogP contribution in [0.3, 0.4) is 0 Å². The Morgan fingerprint density at radius 2 is 1.46 bits per heavy atom. The van der Waals surface area contributed by atoms with E-state index in [1.807, 2.05) is 42.5 Å². The maximum atomic E-state index is 13.2. The lowest BCUT2D eigenvalue weighted by molar-refractivity contribution is -0.147. The zero-order chi connectivity index (χ0) is 35.1. The van der Waals surface area contributed by atoms with Crippen LogP contribution in [0.25, 0.3) is 0 Å². The summed E-state index contributed by atoms with van der Waals surface area (Å²) in [5.41, 5.74) is 1.61. The Bertz CT molecular complexity index is 1570. The largest absolute Gasteiger partial charge is 0.497 e. The van der Waals surface area contributed by atoms with Crippen molar-refractivity contribution in [2.24, 2.45) is 0 Å². The molecule has 0 saturated carbocycles. The van der Waals surface area contributed by atoms with Crippen molar-refractivity contribution in [1.29, 1.82) is 5.41 Å². The number of hydrogen-bond donors (Lipinski definition) is 4. The zero-order valence-electron chi connectivity index (χ0n) is 27.6. The fourth-order valence-corrected chi connectivity index (χ4v) is 4.37. The predicted octanol–water partition coefficient (Wildman–Crippen LogP) is 4.49. The van der Waals surface area contributed by atoms with Gasteiger partial charge in [-0.2, -0.15) is 0 Å². The van der Waals surface area contributed by atoms with Gasteiger partial charge in [0.05, 0.1) is 19.6 Å². The van der Waals surface area contributed by atoms with Gasteiger partial charge < -0.3 is 24.8 Å². The molecule has 0 bridgehead atoms. The number of rotatable bonds is 15. The van der Waals surface area contributed by atoms with Gasteiger partial charge in [0.2, 0.25) is 5.91 Å². The monoisotopic (exact) mass is 658 g/mol. The molecule has 3 aromatic carbocycles. The molecule has 4 N–H and O–H groups in total. The number of hydrogen-bond acceptors (Lipinski definition) is 9. The van der Waals surface area contributed by atoms with Crippen LogP contribution >= 0.6 is 0 Å². The summed E-state index contributed by atoms with van der Waals surface area (Å²) in [5, 5.41) is 15.7. The number of amides is 3. The molecule has 0 aliphatic rings. The summed E-state index contributed by atoms with van der Waals surface area (Å²) in [5.74, 6) is -1.44. The minimum atomic E-state index is -1.10. The van der Waals surface area contributed by atoms with E-state index in [-0.39, 0.29) is 49.6 Å². The summed E-state index contributed by atoms with van der Waals surface area (Å²) in [6.45, 7) is 5.13. The number of carbonyl (C=O) groups is 5. The molecule has 1 atom stereocenters. The Labute approximate surface area is 280 Å². The van der Waals surface area contributed by atoms with Crippen molar-refractivity contribution >= 4 is 35.5 Å². The first-order chi connectivity index (χ1) is 22.8. The van der Waals surface area contributed by atoms with E-state index >= 15 is 0 Å². The summed E-state index contributed by atoms with van der Waals surface area (Å²) in [6.07, 6.45) is -0.759. The van der Waals surface area contributed by atoms with Gasteiger partial charge in [-0.05, 0) is 62.6 Å². The van der Waals surface area contributed by atoms with E-state index in [1.165, 1.54) is 24.3 Å². The lowest BCUT2D eigenvalue weighted by Crippen LogP contribution is -2.43. The molecular weight excluding hydrogens is 616 g/mol. The number of ether oxygens (including phenoxy) is 3. The normalized spacial score (nSPS) is 11.4. The van der Waals surface area contributed by atoms with Gasteiger partial charge in [-0.1, -0.05) is 54.6 Å². The van der Waals surface area contributed by atoms with Crippen LogP contribution in [0.4, 0.5) is 4.79 Å². The number of benzene rings is 3. The van der Waals surface area contributed by atoms with Gasteiger partial charge >= 0.3 is 12.1 Å². The lowest BCUT2D eigenvalue weighted by Gasteiger charge is -2.19. The van der Waals surface area contributed by atoms with Crippen molar-refractivity contribution in [1.82, 2.24) is 16.0 Å². The molecule has 0 unspecified atom stereocenters. The molecule has 3 amide bonds. The second-order valence-electron chi connectivity index (χ2n) is 11.9. The third-order valence-electron chi connectivity index (χ3n) is 6.86. The van der Waals surface area contributed by atoms with Gasteiger partial charge in [-0.15, -0.1) is 0 Å². The van der Waals surface area contributed by atoms with Crippen molar-refractivity contribution in [3.05, 3.63) is 101 Å². The highest BCUT2D eigenvalue weighted by Crippen LogP contribution is 2.14. The van der Waals surface area contributed by atoms with E-state index in [1.54, 1.807) is 40.0 Å². The fraction of sp³-hybridized carbons (Fsp3) is 0.333. The average Bonchev–Trinajstić information content (AvgIpc) is 3.05. The molecule has 0 heterocycles. The van der Waals surface area contributed by atoms with Crippen molar-refractivity contribution in [3.8, 4) is 5.75 Å². The van der Waals surface area contributed by atoms with Crippen molar-refractivity contribution in [3.63, 3.8) is 0 Å². The van der Waals surface area contributed by atoms with E-state index in [0.29, 0.717) is 17.7 Å². The van der Waals surface area contributed by atoms with Crippen LogP contribution in [0, 0.1) is 5.41 Å². The Kier molecular flexibility index (Phi) is 13.8. The van der Waals surface area contributed by atoms with Crippen LogP contribution in [0.2, 0.25) is 0 Å². The van der Waals surface area contributed by atoms with E-state index in [4.69, 9.17) is 19.6 Å².